The molecule has 0 fully saturated rings. The van der Waals surface area contributed by atoms with Crippen LogP contribution < -0.4 is 10.1 Å². The average molecular weight is 441 g/mol. The van der Waals surface area contributed by atoms with Crippen molar-refractivity contribution in [2.45, 2.75) is 79.7 Å². The number of nitrogens with zero attached hydrogens (tertiary/aromatic N) is 1. The number of phenols is 1. The molecule has 0 aliphatic heterocycles. The molecule has 1 amide bonds. The number of benzene rings is 2. The van der Waals surface area contributed by atoms with Crippen LogP contribution in [0.15, 0.2) is 42.5 Å². The topological polar surface area (TPSA) is 82.3 Å². The van der Waals surface area contributed by atoms with Gasteiger partial charge in [-0.15, -0.1) is 0 Å². The number of nitriles is 1. The molecule has 2 aromatic rings. The van der Waals surface area contributed by atoms with Gasteiger partial charge >= 0.3 is 0 Å². The summed E-state index contributed by atoms with van der Waals surface area (Å²) in [5.74, 6) is 0.961. The third-order valence-electron chi connectivity index (χ3n) is 4.57. The van der Waals surface area contributed by atoms with E-state index in [4.69, 9.17) is 15.1 Å². The Kier molecular flexibility index (Phi) is 16.0. The lowest BCUT2D eigenvalue weighted by atomic mass is 10.1. The number of carbonyl (C=O) groups excluding carboxylic acids is 1. The Bertz CT molecular complexity index is 807. The summed E-state index contributed by atoms with van der Waals surface area (Å²) >= 11 is 0. The summed E-state index contributed by atoms with van der Waals surface area (Å²) in [5, 5.41) is 20.6. The number of hydrogen-bond donors (Lipinski definition) is 2. The number of carbonyl (C=O) groups is 1. The Morgan fingerprint density at radius 1 is 1.06 bits per heavy atom. The lowest BCUT2D eigenvalue weighted by Gasteiger charge is -2.12. The first-order chi connectivity index (χ1) is 15.3. The zero-order chi connectivity index (χ0) is 24.4. The van der Waals surface area contributed by atoms with E-state index in [9.17, 15) is 4.79 Å². The largest absolute Gasteiger partial charge is 0.508 e. The monoisotopic (exact) mass is 440 g/mol. The highest BCUT2D eigenvalue weighted by Crippen LogP contribution is 2.17. The second-order valence-corrected chi connectivity index (χ2v) is 7.66. The number of rotatable bonds is 8. The minimum Gasteiger partial charge on any atom is -0.508 e. The van der Waals surface area contributed by atoms with Crippen LogP contribution >= 0.6 is 0 Å². The molecular formula is C27H40N2O3. The van der Waals surface area contributed by atoms with Gasteiger partial charge in [0.1, 0.15) is 11.5 Å². The average Bonchev–Trinajstić information content (AvgIpc) is 2.78. The first-order valence-electron chi connectivity index (χ1n) is 11.5. The van der Waals surface area contributed by atoms with Gasteiger partial charge in [-0.05, 0) is 55.7 Å². The maximum Gasteiger partial charge on any atom is 0.217 e. The van der Waals surface area contributed by atoms with E-state index in [2.05, 4.69) is 32.2 Å². The molecule has 0 spiro atoms. The van der Waals surface area contributed by atoms with Gasteiger partial charge in [-0.1, -0.05) is 64.7 Å². The summed E-state index contributed by atoms with van der Waals surface area (Å²) in [6.07, 6.45) is 6.52. The maximum absolute atomic E-state index is 10.7. The summed E-state index contributed by atoms with van der Waals surface area (Å²) in [7, 11) is 0. The maximum atomic E-state index is 10.7. The number of hydrogen-bond acceptors (Lipinski definition) is 4. The molecule has 32 heavy (non-hydrogen) atoms. The fraction of sp³-hybridized carbons (Fsp3) is 0.481. The molecule has 1 atom stereocenters. The van der Waals surface area contributed by atoms with Gasteiger partial charge in [0.15, 0.2) is 0 Å². The molecule has 0 aliphatic rings. The quantitative estimate of drug-likeness (QED) is 0.441. The van der Waals surface area contributed by atoms with Crippen LogP contribution in [0.2, 0.25) is 0 Å². The van der Waals surface area contributed by atoms with Crippen LogP contribution in [0.4, 0.5) is 0 Å². The predicted octanol–water partition coefficient (Wildman–Crippen LogP) is 6.83. The lowest BCUT2D eigenvalue weighted by molar-refractivity contribution is -0.119. The number of phenolic OH excluding ortho intramolecular Hbond substituents is 1. The number of unbranched alkanes of at least 4 members (excludes halogenated alkanes) is 3. The van der Waals surface area contributed by atoms with Crippen molar-refractivity contribution >= 4 is 5.91 Å². The Morgan fingerprint density at radius 3 is 2.12 bits per heavy atom. The third-order valence-corrected chi connectivity index (χ3v) is 4.57. The normalized spacial score (nSPS) is 10.4. The third kappa shape index (κ3) is 13.3. The van der Waals surface area contributed by atoms with Gasteiger partial charge in [-0.25, -0.2) is 0 Å². The van der Waals surface area contributed by atoms with Gasteiger partial charge in [0.05, 0.1) is 24.3 Å². The van der Waals surface area contributed by atoms with Crippen LogP contribution in [0.25, 0.3) is 0 Å². The minimum absolute atomic E-state index is 0.0156. The van der Waals surface area contributed by atoms with Crippen molar-refractivity contribution in [3.8, 4) is 17.6 Å². The molecule has 0 aromatic heterocycles. The van der Waals surface area contributed by atoms with E-state index >= 15 is 0 Å². The van der Waals surface area contributed by atoms with Crippen molar-refractivity contribution in [3.05, 3.63) is 59.2 Å². The molecular weight excluding hydrogens is 400 g/mol. The van der Waals surface area contributed by atoms with Crippen molar-refractivity contribution in [3.63, 3.8) is 0 Å². The fourth-order valence-electron chi connectivity index (χ4n) is 2.68. The number of ether oxygens (including phenoxy) is 1. The smallest absolute Gasteiger partial charge is 0.217 e. The molecule has 0 saturated carbocycles. The molecule has 0 heterocycles. The van der Waals surface area contributed by atoms with E-state index in [0.717, 1.165) is 23.3 Å². The van der Waals surface area contributed by atoms with Crippen LogP contribution in [-0.4, -0.2) is 17.6 Å². The highest BCUT2D eigenvalue weighted by atomic mass is 16.5. The molecule has 0 saturated heterocycles. The first kappa shape index (κ1) is 29.0. The first-order valence-corrected chi connectivity index (χ1v) is 11.5. The Labute approximate surface area is 194 Å². The van der Waals surface area contributed by atoms with E-state index < -0.39 is 0 Å². The lowest BCUT2D eigenvalue weighted by Crippen LogP contribution is -2.23. The zero-order valence-electron chi connectivity index (χ0n) is 20.6. The standard InChI is InChI=1S/C11H13NO.C10H13NO2.C6H14/c1-3-6-13-11-5-4-9(2)10(7-11)8-12;1-7(11-8(2)12)9-3-5-10(13)6-4-9;1-3-5-6-4-2/h4-5,7H,3,6H2,1-2H3;3-7,13H,1-2H3,(H,11,12);3-6H2,1-2H3. The Morgan fingerprint density at radius 2 is 1.66 bits per heavy atom. The van der Waals surface area contributed by atoms with Crippen molar-refractivity contribution in [2.24, 2.45) is 0 Å². The van der Waals surface area contributed by atoms with E-state index in [1.165, 1.54) is 32.6 Å². The second-order valence-electron chi connectivity index (χ2n) is 7.66. The molecule has 0 bridgehead atoms. The summed E-state index contributed by atoms with van der Waals surface area (Å²) in [4.78, 5) is 10.7. The van der Waals surface area contributed by atoms with Crippen LogP contribution in [-0.2, 0) is 4.79 Å². The highest BCUT2D eigenvalue weighted by molar-refractivity contribution is 5.73. The van der Waals surface area contributed by atoms with Gasteiger partial charge in [0.25, 0.3) is 0 Å². The number of aromatic hydroxyl groups is 1. The Balaban J connectivity index is 0.000000484. The van der Waals surface area contributed by atoms with Gasteiger partial charge < -0.3 is 15.2 Å². The van der Waals surface area contributed by atoms with E-state index in [-0.39, 0.29) is 17.7 Å². The van der Waals surface area contributed by atoms with E-state index in [0.29, 0.717) is 12.2 Å². The summed E-state index contributed by atoms with van der Waals surface area (Å²) in [5.41, 5.74) is 2.66. The molecule has 0 radical (unpaired) electrons. The molecule has 2 N–H and O–H groups in total. The molecule has 0 aliphatic carbocycles. The molecule has 5 nitrogen and oxygen atoms in total. The van der Waals surface area contributed by atoms with Gasteiger partial charge in [0, 0.05) is 6.92 Å². The van der Waals surface area contributed by atoms with Gasteiger partial charge in [0.2, 0.25) is 5.91 Å². The van der Waals surface area contributed by atoms with Crippen LogP contribution in [0.5, 0.6) is 11.5 Å². The number of aryl methyl sites for hydroxylation is 1. The zero-order valence-corrected chi connectivity index (χ0v) is 20.6. The SMILES string of the molecule is CC(=O)NC(C)c1ccc(O)cc1.CCCCCC.CCCOc1ccc(C)c(C#N)c1. The fourth-order valence-corrected chi connectivity index (χ4v) is 2.68. The summed E-state index contributed by atoms with van der Waals surface area (Å²) in [6.45, 7) is 12.5. The summed E-state index contributed by atoms with van der Waals surface area (Å²) < 4.78 is 5.40. The van der Waals surface area contributed by atoms with Gasteiger partial charge in [-0.3, -0.25) is 4.79 Å². The van der Waals surface area contributed by atoms with Crippen molar-refractivity contribution in [2.75, 3.05) is 6.61 Å². The van der Waals surface area contributed by atoms with Crippen LogP contribution in [0.1, 0.15) is 89.5 Å². The van der Waals surface area contributed by atoms with E-state index in [1.807, 2.05) is 26.0 Å². The molecule has 1 unspecified atom stereocenters. The predicted molar refractivity (Wildman–Crippen MR) is 132 cm³/mol. The molecule has 2 aromatic carbocycles. The Hall–Kier alpha value is -3.00. The van der Waals surface area contributed by atoms with E-state index in [1.54, 1.807) is 30.3 Å². The number of amides is 1. The van der Waals surface area contributed by atoms with Crippen LogP contribution in [0, 0.1) is 18.3 Å². The van der Waals surface area contributed by atoms with Crippen molar-refractivity contribution in [1.82, 2.24) is 5.32 Å². The number of nitrogens with one attached hydrogen (secondary N) is 1. The summed E-state index contributed by atoms with van der Waals surface area (Å²) in [6, 6.07) is 14.5. The molecule has 5 heteroatoms. The van der Waals surface area contributed by atoms with Crippen molar-refractivity contribution in [1.29, 1.82) is 5.26 Å². The highest BCUT2D eigenvalue weighted by Gasteiger charge is 2.05. The van der Waals surface area contributed by atoms with Crippen molar-refractivity contribution < 1.29 is 14.6 Å². The molecule has 2 rings (SSSR count). The molecule has 176 valence electrons. The van der Waals surface area contributed by atoms with Gasteiger partial charge in [-0.2, -0.15) is 5.26 Å². The van der Waals surface area contributed by atoms with Crippen LogP contribution in [0.3, 0.4) is 0 Å². The second kappa shape index (κ2) is 17.7. The minimum atomic E-state index is -0.0550.